The molecule has 9 heteroatoms. The summed E-state index contributed by atoms with van der Waals surface area (Å²) in [6.07, 6.45) is 0. The van der Waals surface area contributed by atoms with Gasteiger partial charge in [0.25, 0.3) is 0 Å². The van der Waals surface area contributed by atoms with Crippen LogP contribution in [0.5, 0.6) is 0 Å². The largest absolute Gasteiger partial charge is 1.00 e. The van der Waals surface area contributed by atoms with Crippen molar-refractivity contribution >= 4 is 34.7 Å². The summed E-state index contributed by atoms with van der Waals surface area (Å²) in [5.41, 5.74) is 2.87. The molecule has 150 valence electrons. The minimum atomic E-state index is 0. The van der Waals surface area contributed by atoms with Crippen LogP contribution in [0.15, 0.2) is 52.8 Å². The second-order valence-corrected chi connectivity index (χ2v) is 6.39. The molecule has 0 aromatic heterocycles. The van der Waals surface area contributed by atoms with Crippen LogP contribution in [0.4, 0.5) is 0 Å². The summed E-state index contributed by atoms with van der Waals surface area (Å²) in [4.78, 5) is 10.5. The van der Waals surface area contributed by atoms with Gasteiger partial charge >= 0.3 is 51.4 Å². The van der Waals surface area contributed by atoms with Gasteiger partial charge in [0.2, 0.25) is 0 Å². The van der Waals surface area contributed by atoms with Crippen LogP contribution < -0.4 is 51.4 Å². The molecule has 6 nitrogen and oxygen atoms in total. The van der Waals surface area contributed by atoms with Crippen molar-refractivity contribution in [2.24, 2.45) is 10.3 Å². The smallest absolute Gasteiger partial charge is 0.497 e. The van der Waals surface area contributed by atoms with Crippen LogP contribution >= 0.6 is 23.2 Å². The zero-order chi connectivity index (χ0) is 20.4. The summed E-state index contributed by atoms with van der Waals surface area (Å²) in [5, 5.41) is 13.4. The van der Waals surface area contributed by atoms with Crippen molar-refractivity contribution < 1.29 is 65.8 Å². The van der Waals surface area contributed by atoms with Crippen LogP contribution in [-0.2, 0) is 21.0 Å². The zero-order valence-electron chi connectivity index (χ0n) is 17.0. The molecular formula is C20H22Cl2KN3O3. The fourth-order valence-electron chi connectivity index (χ4n) is 2.42. The molecule has 0 bridgehead atoms. The molecule has 0 saturated carbocycles. The number of ether oxygens (including phenoxy) is 1. The molecule has 0 aliphatic rings. The van der Waals surface area contributed by atoms with Gasteiger partial charge < -0.3 is 19.7 Å². The van der Waals surface area contributed by atoms with Crippen molar-refractivity contribution in [1.82, 2.24) is 0 Å². The Morgan fingerprint density at radius 3 is 2.52 bits per heavy atom. The Hall–Kier alpha value is -0.644. The predicted octanol–water partition coefficient (Wildman–Crippen LogP) is 2.27. The van der Waals surface area contributed by atoms with E-state index in [4.69, 9.17) is 37.6 Å². The van der Waals surface area contributed by atoms with Gasteiger partial charge in [-0.15, -0.1) is 0 Å². The third-order valence-corrected chi connectivity index (χ3v) is 4.32. The van der Waals surface area contributed by atoms with Gasteiger partial charge in [0.15, 0.2) is 0 Å². The molecule has 2 aromatic rings. The molecule has 2 aromatic carbocycles. The van der Waals surface area contributed by atoms with E-state index in [9.17, 15) is 0 Å². The molecule has 0 atom stereocenters. The van der Waals surface area contributed by atoms with E-state index in [1.807, 2.05) is 37.3 Å². The summed E-state index contributed by atoms with van der Waals surface area (Å²) >= 11 is 12.4. The standard InChI is InChI=1S/C20H22Cl2N3O3.K/c1-4-27-13-19(14-7-5-8-15(21)11-14)24-28-12-17-16(9-6-10-18(17)22)20(23-2)25-26-3;/h5-11H,4,12-13H2,1-3H3;/q-1;+1/b24-19+;. The number of hydrogen-bond donors (Lipinski definition) is 0. The third kappa shape index (κ3) is 8.18. The van der Waals surface area contributed by atoms with Crippen LogP contribution in [0.2, 0.25) is 10.0 Å². The number of oxime groups is 2. The van der Waals surface area contributed by atoms with Gasteiger partial charge in [-0.25, -0.2) is 0 Å². The van der Waals surface area contributed by atoms with Crippen LogP contribution in [-0.4, -0.2) is 38.9 Å². The van der Waals surface area contributed by atoms with E-state index in [0.29, 0.717) is 45.9 Å². The molecule has 0 aliphatic carbocycles. The van der Waals surface area contributed by atoms with Crippen LogP contribution in [0.3, 0.4) is 0 Å². The number of halogens is 2. The van der Waals surface area contributed by atoms with Crippen molar-refractivity contribution in [2.75, 3.05) is 27.4 Å². The number of amidine groups is 1. The summed E-state index contributed by atoms with van der Waals surface area (Å²) in [6, 6.07) is 12.8. The Bertz CT molecular complexity index is 847. The molecule has 0 unspecified atom stereocenters. The van der Waals surface area contributed by atoms with E-state index in [1.165, 1.54) is 7.11 Å². The predicted molar refractivity (Wildman–Crippen MR) is 114 cm³/mol. The Morgan fingerprint density at radius 1 is 1.10 bits per heavy atom. The van der Waals surface area contributed by atoms with E-state index in [0.717, 1.165) is 5.56 Å². The number of hydrogen-bond acceptors (Lipinski definition) is 5. The number of rotatable bonds is 9. The van der Waals surface area contributed by atoms with Gasteiger partial charge in [-0.1, -0.05) is 59.7 Å². The summed E-state index contributed by atoms with van der Waals surface area (Å²) < 4.78 is 5.50. The Kier molecular flexibility index (Phi) is 13.1. The van der Waals surface area contributed by atoms with Gasteiger partial charge in [-0.2, -0.15) is 0 Å². The first-order chi connectivity index (χ1) is 13.6. The maximum atomic E-state index is 6.36. The van der Waals surface area contributed by atoms with Crippen molar-refractivity contribution in [3.05, 3.63) is 74.5 Å². The fourth-order valence-corrected chi connectivity index (χ4v) is 2.83. The van der Waals surface area contributed by atoms with Crippen molar-refractivity contribution in [2.45, 2.75) is 13.5 Å². The van der Waals surface area contributed by atoms with Crippen LogP contribution in [0.25, 0.3) is 5.32 Å². The minimum Gasteiger partial charge on any atom is -0.497 e. The monoisotopic (exact) mass is 461 g/mol. The molecule has 29 heavy (non-hydrogen) atoms. The SMILES string of the molecule is CCOC/C(=N\OCc1c(Cl)cccc1/C(=N\OC)[N-]C)c1cccc(Cl)c1.[K+]. The van der Waals surface area contributed by atoms with Crippen molar-refractivity contribution in [1.29, 1.82) is 0 Å². The molecular weight excluding hydrogens is 440 g/mol. The first-order valence-electron chi connectivity index (χ1n) is 8.62. The molecule has 0 spiro atoms. The summed E-state index contributed by atoms with van der Waals surface area (Å²) in [7, 11) is 3.09. The first kappa shape index (κ1) is 26.4. The number of benzene rings is 2. The van der Waals surface area contributed by atoms with E-state index in [2.05, 4.69) is 15.6 Å². The quantitative estimate of drug-likeness (QED) is 0.249. The maximum absolute atomic E-state index is 6.36. The van der Waals surface area contributed by atoms with Crippen molar-refractivity contribution in [3.63, 3.8) is 0 Å². The second-order valence-electron chi connectivity index (χ2n) is 5.55. The third-order valence-electron chi connectivity index (χ3n) is 3.73. The molecule has 2 rings (SSSR count). The molecule has 0 fully saturated rings. The topological polar surface area (TPSA) is 66.5 Å². The van der Waals surface area contributed by atoms with Gasteiger partial charge in [0, 0.05) is 27.8 Å². The van der Waals surface area contributed by atoms with Gasteiger partial charge in [0.05, 0.1) is 13.7 Å². The van der Waals surface area contributed by atoms with Gasteiger partial charge in [-0.3, -0.25) is 5.16 Å². The average molecular weight is 462 g/mol. The average Bonchev–Trinajstić information content (AvgIpc) is 2.69. The van der Waals surface area contributed by atoms with E-state index in [1.54, 1.807) is 19.2 Å². The Morgan fingerprint density at radius 2 is 1.86 bits per heavy atom. The van der Waals surface area contributed by atoms with E-state index in [-0.39, 0.29) is 58.0 Å². The van der Waals surface area contributed by atoms with Crippen molar-refractivity contribution in [3.8, 4) is 0 Å². The number of nitrogens with zero attached hydrogens (tertiary/aromatic N) is 3. The second kappa shape index (κ2) is 14.4. The van der Waals surface area contributed by atoms with Crippen LogP contribution in [0.1, 0.15) is 23.6 Å². The molecule has 0 N–H and O–H groups in total. The van der Waals surface area contributed by atoms with Gasteiger partial charge in [0.1, 0.15) is 12.3 Å². The zero-order valence-corrected chi connectivity index (χ0v) is 21.6. The summed E-state index contributed by atoms with van der Waals surface area (Å²) in [5.74, 6) is 0.414. The van der Waals surface area contributed by atoms with E-state index >= 15 is 0 Å². The Labute approximate surface area is 224 Å². The Balaban J connectivity index is 0.00000420. The normalized spacial score (nSPS) is 11.6. The maximum Gasteiger partial charge on any atom is 1.00 e. The molecule has 0 amide bonds. The summed E-state index contributed by atoms with van der Waals surface area (Å²) in [6.45, 7) is 2.90. The molecule has 0 radical (unpaired) electrons. The molecule has 0 aliphatic heterocycles. The first-order valence-corrected chi connectivity index (χ1v) is 9.37. The van der Waals surface area contributed by atoms with E-state index < -0.39 is 0 Å². The van der Waals surface area contributed by atoms with Crippen LogP contribution in [0, 0.1) is 0 Å². The minimum absolute atomic E-state index is 0. The molecule has 0 heterocycles. The van der Waals surface area contributed by atoms with Gasteiger partial charge in [-0.05, 0) is 36.5 Å². The molecule has 0 saturated heterocycles. The fraction of sp³-hybridized carbons (Fsp3) is 0.300.